The van der Waals surface area contributed by atoms with Gasteiger partial charge in [-0.05, 0) is 29.8 Å². The molecular weight excluding hydrogens is 537 g/mol. The maximum absolute atomic E-state index is 10.3. The average Bonchev–Trinajstić information content (AvgIpc) is 3.37. The number of nitrogens with zero attached hydrogens (tertiary/aromatic N) is 4. The Balaban J connectivity index is 1.56. The van der Waals surface area contributed by atoms with Gasteiger partial charge in [0.1, 0.15) is 34.5 Å². The molecule has 4 rings (SSSR count). The van der Waals surface area contributed by atoms with Gasteiger partial charge in [-0.25, -0.2) is 4.98 Å². The Morgan fingerprint density at radius 1 is 1.17 bits per heavy atom. The monoisotopic (exact) mass is 555 g/mol. The first-order chi connectivity index (χ1) is 17.5. The van der Waals surface area contributed by atoms with Crippen molar-refractivity contribution in [2.75, 3.05) is 13.2 Å². The van der Waals surface area contributed by atoms with E-state index in [1.165, 1.54) is 18.0 Å². The molecule has 7 nitrogen and oxygen atoms in total. The first-order valence-electron chi connectivity index (χ1n) is 10.7. The number of nitriles is 1. The third kappa shape index (κ3) is 5.97. The van der Waals surface area contributed by atoms with Crippen molar-refractivity contribution < 1.29 is 4.74 Å². The molecule has 36 heavy (non-hydrogen) atoms. The van der Waals surface area contributed by atoms with Gasteiger partial charge in [0.15, 0.2) is 0 Å². The number of thiazole rings is 1. The number of aliphatic imine (C=N–C) groups is 1. The van der Waals surface area contributed by atoms with Crippen molar-refractivity contribution >= 4 is 57.0 Å². The molecule has 1 aliphatic rings. The van der Waals surface area contributed by atoms with E-state index in [1.54, 1.807) is 23.5 Å². The molecule has 0 spiro atoms. The summed E-state index contributed by atoms with van der Waals surface area (Å²) in [5.41, 5.74) is 10.1. The summed E-state index contributed by atoms with van der Waals surface area (Å²) in [7, 11) is 0. The lowest BCUT2D eigenvalue weighted by Crippen LogP contribution is -2.17. The number of nitroso groups, excluding NO2 is 1. The fraction of sp³-hybridized carbons (Fsp3) is 0.160. The lowest BCUT2D eigenvalue weighted by Gasteiger charge is -2.23. The van der Waals surface area contributed by atoms with Gasteiger partial charge >= 0.3 is 0 Å². The maximum Gasteiger partial charge on any atom is 0.134 e. The molecule has 0 bridgehead atoms. The average molecular weight is 557 g/mol. The molecule has 0 aliphatic carbocycles. The molecular formula is C25H19Cl2N5O2S2. The van der Waals surface area contributed by atoms with Crippen molar-refractivity contribution in [1.29, 1.82) is 5.26 Å². The zero-order chi connectivity index (χ0) is 25.5. The van der Waals surface area contributed by atoms with Crippen LogP contribution in [0.4, 0.5) is 0 Å². The van der Waals surface area contributed by atoms with Crippen LogP contribution in [0, 0.1) is 16.2 Å². The molecule has 2 heterocycles. The normalized spacial score (nSPS) is 16.5. The summed E-state index contributed by atoms with van der Waals surface area (Å²) in [4.78, 5) is 19.5. The van der Waals surface area contributed by atoms with Crippen LogP contribution in [0.2, 0.25) is 5.02 Å². The minimum Gasteiger partial charge on any atom is -0.492 e. The lowest BCUT2D eigenvalue weighted by atomic mass is 9.92. The highest BCUT2D eigenvalue weighted by Crippen LogP contribution is 2.40. The summed E-state index contributed by atoms with van der Waals surface area (Å²) in [5.74, 6) is 1.13. The molecule has 0 saturated heterocycles. The molecule has 3 aromatic rings. The summed E-state index contributed by atoms with van der Waals surface area (Å²) in [5, 5.41) is 16.1. The van der Waals surface area contributed by atoms with Crippen molar-refractivity contribution in [3.8, 4) is 22.4 Å². The maximum atomic E-state index is 10.3. The third-order valence-corrected chi connectivity index (χ3v) is 7.76. The van der Waals surface area contributed by atoms with Crippen LogP contribution in [0.15, 0.2) is 81.4 Å². The predicted molar refractivity (Wildman–Crippen MR) is 148 cm³/mol. The van der Waals surface area contributed by atoms with Gasteiger partial charge < -0.3 is 10.5 Å². The van der Waals surface area contributed by atoms with E-state index in [0.717, 1.165) is 21.8 Å². The number of nitrogens with two attached hydrogens (primary N) is 1. The quantitative estimate of drug-likeness (QED) is 0.234. The van der Waals surface area contributed by atoms with Crippen molar-refractivity contribution in [3.63, 3.8) is 0 Å². The molecule has 0 saturated carbocycles. The van der Waals surface area contributed by atoms with Crippen LogP contribution in [0.1, 0.15) is 11.3 Å². The van der Waals surface area contributed by atoms with Crippen molar-refractivity contribution in [3.05, 3.63) is 92.4 Å². The first-order valence-corrected chi connectivity index (χ1v) is 13.4. The molecule has 2 aromatic carbocycles. The van der Waals surface area contributed by atoms with Gasteiger partial charge in [-0.1, -0.05) is 52.6 Å². The minimum atomic E-state index is -0.517. The van der Waals surface area contributed by atoms with E-state index in [9.17, 15) is 10.2 Å². The Kier molecular flexibility index (Phi) is 8.78. The van der Waals surface area contributed by atoms with E-state index in [4.69, 9.17) is 38.7 Å². The molecule has 0 fully saturated rings. The van der Waals surface area contributed by atoms with Crippen LogP contribution >= 0.6 is 46.3 Å². The number of thioether (sulfide) groups is 1. The van der Waals surface area contributed by atoms with Crippen LogP contribution in [-0.2, 0) is 5.75 Å². The van der Waals surface area contributed by atoms with Crippen LogP contribution in [0.3, 0.4) is 0 Å². The largest absolute Gasteiger partial charge is 0.492 e. The number of rotatable bonds is 9. The Morgan fingerprint density at radius 3 is 2.56 bits per heavy atom. The first kappa shape index (κ1) is 25.9. The minimum absolute atomic E-state index is 0.0662. The molecule has 1 aromatic heterocycles. The number of aromatic nitrogens is 1. The number of halogens is 2. The van der Waals surface area contributed by atoms with Gasteiger partial charge in [0, 0.05) is 39.1 Å². The Bertz CT molecular complexity index is 1380. The molecule has 11 heteroatoms. The standard InChI is InChI=1S/C25H19Cl2N5O2S2/c26-17-5-1-16(2-6-17)24-31-18(13-35-24)14-36-25-21(12-29)22(20(11-28)23(27)32-25)15-3-7-19(8-4-15)34-10-9-30-33/h1-8,11,13,25H,9-10,14,28H2. The fourth-order valence-electron chi connectivity index (χ4n) is 3.48. The van der Waals surface area contributed by atoms with Gasteiger partial charge in [-0.3, -0.25) is 4.99 Å². The molecule has 1 aliphatic heterocycles. The smallest absolute Gasteiger partial charge is 0.134 e. The summed E-state index contributed by atoms with van der Waals surface area (Å²) in [6, 6.07) is 17.0. The Labute approximate surface area is 226 Å². The predicted octanol–water partition coefficient (Wildman–Crippen LogP) is 6.64. The second-order valence-corrected chi connectivity index (χ2v) is 10.2. The lowest BCUT2D eigenvalue weighted by molar-refractivity contribution is 0.328. The summed E-state index contributed by atoms with van der Waals surface area (Å²) < 4.78 is 5.48. The van der Waals surface area contributed by atoms with E-state index in [-0.39, 0.29) is 18.3 Å². The topological polar surface area (TPSA) is 114 Å². The number of benzene rings is 2. The number of allylic oxidation sites excluding steroid dienone is 2. The zero-order valence-corrected chi connectivity index (χ0v) is 21.9. The van der Waals surface area contributed by atoms with Crippen molar-refractivity contribution in [1.82, 2.24) is 4.98 Å². The van der Waals surface area contributed by atoms with Crippen LogP contribution in [-0.4, -0.2) is 28.7 Å². The molecule has 182 valence electrons. The van der Waals surface area contributed by atoms with Crippen LogP contribution < -0.4 is 10.5 Å². The van der Waals surface area contributed by atoms with E-state index in [2.05, 4.69) is 16.2 Å². The van der Waals surface area contributed by atoms with Gasteiger partial charge in [0.05, 0.1) is 17.3 Å². The SMILES string of the molecule is N#CC1=C(c2ccc(OCCN=O)cc2)C(=CN)C(Cl)=NC1SCc1csc(-c2ccc(Cl)cc2)n1. The summed E-state index contributed by atoms with van der Waals surface area (Å²) in [6.07, 6.45) is 1.36. The zero-order valence-electron chi connectivity index (χ0n) is 18.7. The second-order valence-electron chi connectivity index (χ2n) is 7.44. The number of ether oxygens (including phenoxy) is 1. The highest BCUT2D eigenvalue weighted by Gasteiger charge is 2.29. The van der Waals surface area contributed by atoms with Gasteiger partial charge in [-0.2, -0.15) is 10.2 Å². The molecule has 2 N–H and O–H groups in total. The molecule has 0 amide bonds. The second kappa shape index (κ2) is 12.2. The fourth-order valence-corrected chi connectivity index (χ4v) is 5.85. The summed E-state index contributed by atoms with van der Waals surface area (Å²) in [6.45, 7) is 0.257. The van der Waals surface area contributed by atoms with E-state index in [0.29, 0.717) is 33.2 Å². The van der Waals surface area contributed by atoms with Crippen molar-refractivity contribution in [2.45, 2.75) is 11.1 Å². The third-order valence-electron chi connectivity index (χ3n) is 5.15. The van der Waals surface area contributed by atoms with Gasteiger partial charge in [-0.15, -0.1) is 23.1 Å². The number of hydrogen-bond acceptors (Lipinski definition) is 9. The van der Waals surface area contributed by atoms with E-state index >= 15 is 0 Å². The van der Waals surface area contributed by atoms with Crippen LogP contribution in [0.5, 0.6) is 5.75 Å². The molecule has 1 atom stereocenters. The van der Waals surface area contributed by atoms with Gasteiger partial charge in [0.25, 0.3) is 0 Å². The molecule has 0 radical (unpaired) electrons. The summed E-state index contributed by atoms with van der Waals surface area (Å²) >= 11 is 15.5. The molecule has 1 unspecified atom stereocenters. The van der Waals surface area contributed by atoms with E-state index in [1.807, 2.05) is 41.8 Å². The van der Waals surface area contributed by atoms with Gasteiger partial charge in [0.2, 0.25) is 0 Å². The van der Waals surface area contributed by atoms with E-state index < -0.39 is 5.37 Å². The van der Waals surface area contributed by atoms with Crippen LogP contribution in [0.25, 0.3) is 16.1 Å². The Morgan fingerprint density at radius 2 is 1.89 bits per heavy atom. The number of hydrogen-bond donors (Lipinski definition) is 1. The Hall–Kier alpha value is -3.16. The highest BCUT2D eigenvalue weighted by molar-refractivity contribution is 7.99. The highest BCUT2D eigenvalue weighted by atomic mass is 35.5. The van der Waals surface area contributed by atoms with Crippen molar-refractivity contribution in [2.24, 2.45) is 15.9 Å². The number of dihydropyridines is 1.